The number of nitrogens with one attached hydrogen (secondary N) is 1. The Morgan fingerprint density at radius 2 is 1.92 bits per heavy atom. The highest BCUT2D eigenvalue weighted by atomic mass is 16.5. The number of para-hydroxylation sites is 1. The van der Waals surface area contributed by atoms with E-state index < -0.39 is 6.10 Å². The van der Waals surface area contributed by atoms with Gasteiger partial charge in [0.15, 0.2) is 6.61 Å². The summed E-state index contributed by atoms with van der Waals surface area (Å²) in [5.74, 6) is 0.341. The summed E-state index contributed by atoms with van der Waals surface area (Å²) in [5.41, 5.74) is 0. The maximum atomic E-state index is 12.3. The van der Waals surface area contributed by atoms with Crippen LogP contribution in [0.4, 0.5) is 0 Å². The first-order valence-electron chi connectivity index (χ1n) is 8.41. The predicted octanol–water partition coefficient (Wildman–Crippen LogP) is 1.19. The Labute approximate surface area is 142 Å². The fourth-order valence-electron chi connectivity index (χ4n) is 2.61. The number of ether oxygens (including phenoxy) is 1. The molecule has 6 nitrogen and oxygen atoms in total. The third kappa shape index (κ3) is 5.23. The highest BCUT2D eigenvalue weighted by Gasteiger charge is 2.28. The molecule has 1 saturated heterocycles. The summed E-state index contributed by atoms with van der Waals surface area (Å²) < 4.78 is 5.49. The summed E-state index contributed by atoms with van der Waals surface area (Å²) in [5, 5.41) is 13.1. The maximum absolute atomic E-state index is 12.3. The van der Waals surface area contributed by atoms with Crippen molar-refractivity contribution >= 4 is 11.8 Å². The number of rotatable bonds is 5. The first-order chi connectivity index (χ1) is 11.5. The molecular formula is C18H26N2O4. The van der Waals surface area contributed by atoms with Gasteiger partial charge in [0.2, 0.25) is 5.91 Å². The average Bonchev–Trinajstić information content (AvgIpc) is 2.76. The Hall–Kier alpha value is -2.08. The van der Waals surface area contributed by atoms with E-state index in [4.69, 9.17) is 4.74 Å². The number of amides is 2. The molecule has 0 unspecified atom stereocenters. The van der Waals surface area contributed by atoms with Gasteiger partial charge in [0.1, 0.15) is 5.75 Å². The van der Waals surface area contributed by atoms with Crippen LogP contribution in [0.1, 0.15) is 26.7 Å². The largest absolute Gasteiger partial charge is 0.484 e. The number of aliphatic hydroxyl groups is 1. The highest BCUT2D eigenvalue weighted by molar-refractivity contribution is 5.79. The molecule has 1 aromatic carbocycles. The van der Waals surface area contributed by atoms with E-state index in [9.17, 15) is 14.7 Å². The second-order valence-electron chi connectivity index (χ2n) is 6.40. The Kier molecular flexibility index (Phi) is 6.61. The molecule has 0 aliphatic carbocycles. The molecule has 2 atom stereocenters. The predicted molar refractivity (Wildman–Crippen MR) is 90.5 cm³/mol. The van der Waals surface area contributed by atoms with Crippen molar-refractivity contribution in [2.45, 2.75) is 38.8 Å². The van der Waals surface area contributed by atoms with E-state index in [0.717, 1.165) is 0 Å². The van der Waals surface area contributed by atoms with Gasteiger partial charge in [0.05, 0.1) is 12.1 Å². The second kappa shape index (κ2) is 8.68. The monoisotopic (exact) mass is 334 g/mol. The lowest BCUT2D eigenvalue weighted by atomic mass is 10.1. The van der Waals surface area contributed by atoms with Gasteiger partial charge >= 0.3 is 0 Å². The minimum atomic E-state index is -0.638. The Morgan fingerprint density at radius 3 is 2.58 bits per heavy atom. The summed E-state index contributed by atoms with van der Waals surface area (Å²) in [6.07, 6.45) is 0.345. The third-order valence-electron chi connectivity index (χ3n) is 4.18. The van der Waals surface area contributed by atoms with Gasteiger partial charge in [-0.3, -0.25) is 9.59 Å². The van der Waals surface area contributed by atoms with Crippen molar-refractivity contribution in [1.82, 2.24) is 10.2 Å². The summed E-state index contributed by atoms with van der Waals surface area (Å²) in [6, 6.07) is 8.88. The molecule has 1 aliphatic rings. The van der Waals surface area contributed by atoms with Crippen molar-refractivity contribution in [3.05, 3.63) is 30.3 Å². The Balaban J connectivity index is 1.85. The molecule has 1 heterocycles. The molecule has 0 aromatic heterocycles. The summed E-state index contributed by atoms with van der Waals surface area (Å²) in [6.45, 7) is 4.57. The number of carbonyl (C=O) groups is 2. The van der Waals surface area contributed by atoms with Crippen molar-refractivity contribution in [2.24, 2.45) is 5.92 Å². The zero-order valence-corrected chi connectivity index (χ0v) is 14.3. The molecule has 6 heteroatoms. The van der Waals surface area contributed by atoms with Crippen molar-refractivity contribution in [2.75, 3.05) is 19.7 Å². The molecule has 2 rings (SSSR count). The number of likely N-dealkylation sites (tertiary alicyclic amines) is 1. The van der Waals surface area contributed by atoms with Gasteiger partial charge in [0, 0.05) is 19.0 Å². The van der Waals surface area contributed by atoms with Crippen molar-refractivity contribution in [1.29, 1.82) is 0 Å². The normalized spacial score (nSPS) is 21.2. The number of hydrogen-bond acceptors (Lipinski definition) is 4. The molecule has 0 spiro atoms. The number of aliphatic hydroxyl groups excluding tert-OH is 1. The Bertz CT molecular complexity index is 547. The van der Waals surface area contributed by atoms with Crippen LogP contribution in [-0.2, 0) is 9.59 Å². The molecule has 1 aliphatic heterocycles. The van der Waals surface area contributed by atoms with Crippen LogP contribution in [0.3, 0.4) is 0 Å². The SMILES string of the molecule is CC(C)C(=O)N[C@H]1CCN(C(=O)COc2ccccc2)CC[C@@H]1O. The van der Waals surface area contributed by atoms with E-state index in [1.54, 1.807) is 17.0 Å². The fourth-order valence-corrected chi connectivity index (χ4v) is 2.61. The highest BCUT2D eigenvalue weighted by Crippen LogP contribution is 2.14. The maximum Gasteiger partial charge on any atom is 0.260 e. The fraction of sp³-hybridized carbons (Fsp3) is 0.556. The lowest BCUT2D eigenvalue weighted by Gasteiger charge is -2.22. The van der Waals surface area contributed by atoms with Crippen LogP contribution in [0.2, 0.25) is 0 Å². The average molecular weight is 334 g/mol. The number of carbonyl (C=O) groups excluding carboxylic acids is 2. The number of hydrogen-bond donors (Lipinski definition) is 2. The van der Waals surface area contributed by atoms with Crippen molar-refractivity contribution in [3.63, 3.8) is 0 Å². The molecule has 1 aromatic rings. The van der Waals surface area contributed by atoms with E-state index in [0.29, 0.717) is 31.7 Å². The smallest absolute Gasteiger partial charge is 0.260 e. The van der Waals surface area contributed by atoms with E-state index in [1.165, 1.54) is 0 Å². The van der Waals surface area contributed by atoms with Crippen LogP contribution in [0, 0.1) is 5.92 Å². The topological polar surface area (TPSA) is 78.9 Å². The first-order valence-corrected chi connectivity index (χ1v) is 8.41. The quantitative estimate of drug-likeness (QED) is 0.848. The van der Waals surface area contributed by atoms with Crippen LogP contribution in [0.15, 0.2) is 30.3 Å². The second-order valence-corrected chi connectivity index (χ2v) is 6.40. The molecule has 2 N–H and O–H groups in total. The van der Waals surface area contributed by atoms with Gasteiger partial charge in [-0.25, -0.2) is 0 Å². The Morgan fingerprint density at radius 1 is 1.25 bits per heavy atom. The van der Waals surface area contributed by atoms with Gasteiger partial charge < -0.3 is 20.1 Å². The van der Waals surface area contributed by atoms with Crippen LogP contribution in [0.25, 0.3) is 0 Å². The summed E-state index contributed by atoms with van der Waals surface area (Å²) in [7, 11) is 0. The standard InChI is InChI=1S/C18H26N2O4/c1-13(2)18(23)19-15-8-10-20(11-9-16(15)21)17(22)12-24-14-6-4-3-5-7-14/h3-7,13,15-16,21H,8-12H2,1-2H3,(H,19,23)/t15-,16-/m0/s1. The van der Waals surface area contributed by atoms with E-state index >= 15 is 0 Å². The molecule has 132 valence electrons. The zero-order chi connectivity index (χ0) is 17.5. The lowest BCUT2D eigenvalue weighted by molar-refractivity contribution is -0.133. The molecule has 2 amide bonds. The van der Waals surface area contributed by atoms with Crippen LogP contribution < -0.4 is 10.1 Å². The van der Waals surface area contributed by atoms with Gasteiger partial charge in [-0.2, -0.15) is 0 Å². The molecular weight excluding hydrogens is 308 g/mol. The molecule has 24 heavy (non-hydrogen) atoms. The summed E-state index contributed by atoms with van der Waals surface area (Å²) in [4.78, 5) is 25.8. The molecule has 1 fully saturated rings. The summed E-state index contributed by atoms with van der Waals surface area (Å²) >= 11 is 0. The van der Waals surface area contributed by atoms with Gasteiger partial charge in [-0.1, -0.05) is 32.0 Å². The zero-order valence-electron chi connectivity index (χ0n) is 14.3. The van der Waals surface area contributed by atoms with Crippen LogP contribution in [0.5, 0.6) is 5.75 Å². The van der Waals surface area contributed by atoms with Crippen molar-refractivity contribution < 1.29 is 19.4 Å². The van der Waals surface area contributed by atoms with Crippen LogP contribution >= 0.6 is 0 Å². The minimum absolute atomic E-state index is 0.0247. The van der Waals surface area contributed by atoms with Gasteiger partial charge in [-0.15, -0.1) is 0 Å². The third-order valence-corrected chi connectivity index (χ3v) is 4.18. The van der Waals surface area contributed by atoms with Gasteiger partial charge in [0.25, 0.3) is 5.91 Å². The van der Waals surface area contributed by atoms with Gasteiger partial charge in [-0.05, 0) is 25.0 Å². The number of nitrogens with zero attached hydrogens (tertiary/aromatic N) is 1. The number of benzene rings is 1. The molecule has 0 radical (unpaired) electrons. The molecule has 0 bridgehead atoms. The lowest BCUT2D eigenvalue weighted by Crippen LogP contribution is -2.44. The minimum Gasteiger partial charge on any atom is -0.484 e. The first kappa shape index (κ1) is 18.3. The van der Waals surface area contributed by atoms with Crippen LogP contribution in [-0.4, -0.2) is 53.7 Å². The van der Waals surface area contributed by atoms with E-state index in [2.05, 4.69) is 5.32 Å². The van der Waals surface area contributed by atoms with E-state index in [-0.39, 0.29) is 30.4 Å². The molecule has 0 saturated carbocycles. The van der Waals surface area contributed by atoms with Crippen molar-refractivity contribution in [3.8, 4) is 5.75 Å². The van der Waals surface area contributed by atoms with E-state index in [1.807, 2.05) is 32.0 Å².